The summed E-state index contributed by atoms with van der Waals surface area (Å²) in [6.07, 6.45) is 8.42. The summed E-state index contributed by atoms with van der Waals surface area (Å²) in [4.78, 5) is 5.02. The van der Waals surface area contributed by atoms with Gasteiger partial charge in [-0.05, 0) is 58.4 Å². The first-order valence-electron chi connectivity index (χ1n) is 7.85. The fraction of sp³-hybridized carbons (Fsp3) is 0.750. The minimum Gasteiger partial charge on any atom is -0.472 e. The molecule has 4 nitrogen and oxygen atoms in total. The molecule has 1 aromatic heterocycles. The number of likely N-dealkylation sites (N-methyl/N-ethyl adjacent to an activating group) is 1. The number of likely N-dealkylation sites (tertiary alicyclic amines) is 1. The predicted octanol–water partition coefficient (Wildman–Crippen LogP) is 2.30. The molecule has 0 aromatic carbocycles. The number of rotatable bonds is 6. The van der Waals surface area contributed by atoms with E-state index in [-0.39, 0.29) is 5.54 Å². The van der Waals surface area contributed by atoms with E-state index in [1.807, 2.05) is 12.3 Å². The molecule has 1 fully saturated rings. The molecule has 2 rings (SSSR count). The third kappa shape index (κ3) is 3.62. The molecule has 0 saturated carbocycles. The van der Waals surface area contributed by atoms with Crippen molar-refractivity contribution in [3.8, 4) is 0 Å². The highest BCUT2D eigenvalue weighted by atomic mass is 16.3. The minimum absolute atomic E-state index is 0.139. The molecule has 2 heterocycles. The average Bonchev–Trinajstić information content (AvgIpc) is 2.86. The summed E-state index contributed by atoms with van der Waals surface area (Å²) in [5, 5.41) is 0. The Balaban J connectivity index is 2.00. The zero-order chi connectivity index (χ0) is 14.4. The maximum absolute atomic E-state index is 6.17. The minimum atomic E-state index is 0.139. The largest absolute Gasteiger partial charge is 0.472 e. The number of furan rings is 1. The maximum Gasteiger partial charge on any atom is 0.0947 e. The lowest BCUT2D eigenvalue weighted by atomic mass is 9.88. The van der Waals surface area contributed by atoms with Crippen LogP contribution >= 0.6 is 0 Å². The fourth-order valence-electron chi connectivity index (χ4n) is 3.34. The van der Waals surface area contributed by atoms with Crippen molar-refractivity contribution in [1.29, 1.82) is 0 Å². The van der Waals surface area contributed by atoms with Crippen LogP contribution < -0.4 is 5.73 Å². The lowest BCUT2D eigenvalue weighted by Gasteiger charge is -2.40. The molecule has 0 bridgehead atoms. The van der Waals surface area contributed by atoms with E-state index in [0.717, 1.165) is 19.5 Å². The van der Waals surface area contributed by atoms with Gasteiger partial charge in [0.15, 0.2) is 0 Å². The lowest BCUT2D eigenvalue weighted by molar-refractivity contribution is 0.0990. The smallest absolute Gasteiger partial charge is 0.0947 e. The van der Waals surface area contributed by atoms with E-state index >= 15 is 0 Å². The van der Waals surface area contributed by atoms with E-state index < -0.39 is 0 Å². The standard InChI is InChI=1S/C16H29N3O/c1-3-8-19-9-4-6-16(14-17,7-10-19)18(2)12-15-5-11-20-13-15/h5,11,13H,3-4,6-10,12,14,17H2,1-2H3. The second kappa shape index (κ2) is 7.25. The van der Waals surface area contributed by atoms with Crippen LogP contribution in [0.4, 0.5) is 0 Å². The first-order valence-corrected chi connectivity index (χ1v) is 7.85. The topological polar surface area (TPSA) is 45.6 Å². The van der Waals surface area contributed by atoms with Crippen molar-refractivity contribution in [2.75, 3.05) is 33.2 Å². The molecule has 0 aliphatic carbocycles. The Kier molecular flexibility index (Phi) is 5.64. The predicted molar refractivity (Wildman–Crippen MR) is 82.5 cm³/mol. The summed E-state index contributed by atoms with van der Waals surface area (Å²) in [6.45, 7) is 7.51. The third-order valence-electron chi connectivity index (χ3n) is 4.74. The van der Waals surface area contributed by atoms with Crippen molar-refractivity contribution < 1.29 is 4.42 Å². The summed E-state index contributed by atoms with van der Waals surface area (Å²) in [6, 6.07) is 2.04. The van der Waals surface area contributed by atoms with E-state index in [4.69, 9.17) is 10.2 Å². The van der Waals surface area contributed by atoms with Crippen LogP contribution in [0, 0.1) is 0 Å². The van der Waals surface area contributed by atoms with Crippen LogP contribution in [-0.4, -0.2) is 48.6 Å². The van der Waals surface area contributed by atoms with Crippen molar-refractivity contribution in [2.24, 2.45) is 5.73 Å². The molecule has 0 radical (unpaired) electrons. The summed E-state index contributed by atoms with van der Waals surface area (Å²) < 4.78 is 5.18. The molecule has 4 heteroatoms. The molecule has 1 aliphatic rings. The average molecular weight is 279 g/mol. The number of nitrogens with two attached hydrogens (primary N) is 1. The summed E-state index contributed by atoms with van der Waals surface area (Å²) in [7, 11) is 2.20. The molecule has 1 unspecified atom stereocenters. The Hall–Kier alpha value is -0.840. The van der Waals surface area contributed by atoms with Gasteiger partial charge < -0.3 is 15.1 Å². The Labute approximate surface area is 122 Å². The Bertz CT molecular complexity index is 379. The SMILES string of the molecule is CCCN1CCCC(CN)(N(C)Cc2ccoc2)CC1. The molecule has 0 amide bonds. The van der Waals surface area contributed by atoms with Gasteiger partial charge in [0, 0.05) is 24.2 Å². The van der Waals surface area contributed by atoms with Crippen LogP contribution in [-0.2, 0) is 6.54 Å². The van der Waals surface area contributed by atoms with Gasteiger partial charge in [0.05, 0.1) is 12.5 Å². The van der Waals surface area contributed by atoms with Crippen LogP contribution in [0.3, 0.4) is 0 Å². The second-order valence-electron chi connectivity index (χ2n) is 6.11. The second-order valence-corrected chi connectivity index (χ2v) is 6.11. The zero-order valence-electron chi connectivity index (χ0n) is 13.0. The molecule has 2 N–H and O–H groups in total. The van der Waals surface area contributed by atoms with Gasteiger partial charge in [0.25, 0.3) is 0 Å². The van der Waals surface area contributed by atoms with Crippen molar-refractivity contribution in [2.45, 2.75) is 44.7 Å². The van der Waals surface area contributed by atoms with Crippen molar-refractivity contribution in [3.63, 3.8) is 0 Å². The summed E-state index contributed by atoms with van der Waals surface area (Å²) in [5.41, 5.74) is 7.54. The summed E-state index contributed by atoms with van der Waals surface area (Å²) in [5.74, 6) is 0. The van der Waals surface area contributed by atoms with Crippen molar-refractivity contribution >= 4 is 0 Å². The monoisotopic (exact) mass is 279 g/mol. The van der Waals surface area contributed by atoms with Gasteiger partial charge in [0.1, 0.15) is 0 Å². The van der Waals surface area contributed by atoms with Gasteiger partial charge in [-0.15, -0.1) is 0 Å². The van der Waals surface area contributed by atoms with Gasteiger partial charge >= 0.3 is 0 Å². The van der Waals surface area contributed by atoms with Gasteiger partial charge in [-0.25, -0.2) is 0 Å². The van der Waals surface area contributed by atoms with Crippen LogP contribution in [0.1, 0.15) is 38.2 Å². The normalized spacial score (nSPS) is 25.0. The van der Waals surface area contributed by atoms with Gasteiger partial charge in [-0.2, -0.15) is 0 Å². The maximum atomic E-state index is 6.17. The lowest BCUT2D eigenvalue weighted by Crippen LogP contribution is -2.52. The van der Waals surface area contributed by atoms with Crippen molar-refractivity contribution in [1.82, 2.24) is 9.80 Å². The molecule has 1 atom stereocenters. The van der Waals surface area contributed by atoms with E-state index in [0.29, 0.717) is 0 Å². The van der Waals surface area contributed by atoms with Crippen LogP contribution in [0.15, 0.2) is 23.0 Å². The highest BCUT2D eigenvalue weighted by Crippen LogP contribution is 2.28. The van der Waals surface area contributed by atoms with E-state index in [1.165, 1.54) is 44.5 Å². The number of hydrogen-bond donors (Lipinski definition) is 1. The molecule has 1 saturated heterocycles. The molecule has 114 valence electrons. The highest BCUT2D eigenvalue weighted by Gasteiger charge is 2.35. The molecular weight excluding hydrogens is 250 g/mol. The number of hydrogen-bond acceptors (Lipinski definition) is 4. The van der Waals surface area contributed by atoms with Gasteiger partial charge in [0.2, 0.25) is 0 Å². The molecular formula is C16H29N3O. The summed E-state index contributed by atoms with van der Waals surface area (Å²) >= 11 is 0. The third-order valence-corrected chi connectivity index (χ3v) is 4.74. The Morgan fingerprint density at radius 3 is 2.90 bits per heavy atom. The molecule has 1 aromatic rings. The zero-order valence-corrected chi connectivity index (χ0v) is 13.0. The van der Waals surface area contributed by atoms with Gasteiger partial charge in [-0.3, -0.25) is 4.90 Å². The number of nitrogens with zero attached hydrogens (tertiary/aromatic N) is 2. The van der Waals surface area contributed by atoms with E-state index in [1.54, 1.807) is 6.26 Å². The fourth-order valence-corrected chi connectivity index (χ4v) is 3.34. The van der Waals surface area contributed by atoms with Crippen molar-refractivity contribution in [3.05, 3.63) is 24.2 Å². The first-order chi connectivity index (χ1) is 9.70. The quantitative estimate of drug-likeness (QED) is 0.868. The van der Waals surface area contributed by atoms with E-state index in [2.05, 4.69) is 23.8 Å². The first kappa shape index (κ1) is 15.5. The van der Waals surface area contributed by atoms with Crippen LogP contribution in [0.5, 0.6) is 0 Å². The molecule has 0 spiro atoms. The molecule has 20 heavy (non-hydrogen) atoms. The van der Waals surface area contributed by atoms with Gasteiger partial charge in [-0.1, -0.05) is 6.92 Å². The van der Waals surface area contributed by atoms with Crippen LogP contribution in [0.25, 0.3) is 0 Å². The Morgan fingerprint density at radius 2 is 2.25 bits per heavy atom. The Morgan fingerprint density at radius 1 is 1.40 bits per heavy atom. The van der Waals surface area contributed by atoms with E-state index in [9.17, 15) is 0 Å². The van der Waals surface area contributed by atoms with Crippen LogP contribution in [0.2, 0.25) is 0 Å². The molecule has 1 aliphatic heterocycles. The highest BCUT2D eigenvalue weighted by molar-refractivity contribution is 5.06.